The predicted octanol–water partition coefficient (Wildman–Crippen LogP) is 1.75. The van der Waals surface area contributed by atoms with E-state index in [1.807, 2.05) is 6.92 Å². The molecule has 2 heterocycles. The number of nitrogens with one attached hydrogen (secondary N) is 1. The van der Waals surface area contributed by atoms with E-state index >= 15 is 0 Å². The molecule has 2 rings (SSSR count). The van der Waals surface area contributed by atoms with Gasteiger partial charge in [0.2, 0.25) is 5.91 Å². The number of hydrogen-bond donors (Lipinski definition) is 1. The van der Waals surface area contributed by atoms with Crippen LogP contribution in [0, 0.1) is 16.0 Å². The van der Waals surface area contributed by atoms with Gasteiger partial charge >= 0.3 is 0 Å². The average Bonchev–Trinajstić information content (AvgIpc) is 2.61. The maximum Gasteiger partial charge on any atom is 0.287 e. The zero-order valence-electron chi connectivity index (χ0n) is 13.9. The van der Waals surface area contributed by atoms with E-state index in [1.165, 1.54) is 12.3 Å². The van der Waals surface area contributed by atoms with Gasteiger partial charge in [-0.3, -0.25) is 14.9 Å². The van der Waals surface area contributed by atoms with Crippen molar-refractivity contribution in [3.8, 4) is 0 Å². The van der Waals surface area contributed by atoms with Gasteiger partial charge in [0.1, 0.15) is 12.0 Å². The van der Waals surface area contributed by atoms with Crippen molar-refractivity contribution in [1.82, 2.24) is 10.3 Å². The highest BCUT2D eigenvalue weighted by Crippen LogP contribution is 2.23. The van der Waals surface area contributed by atoms with Crippen LogP contribution < -0.4 is 10.2 Å². The molecular weight excluding hydrogens is 312 g/mol. The second-order valence-electron chi connectivity index (χ2n) is 5.73. The molecule has 8 nitrogen and oxygen atoms in total. The van der Waals surface area contributed by atoms with Crippen molar-refractivity contribution in [3.05, 3.63) is 28.4 Å². The molecule has 1 fully saturated rings. The number of hydrogen-bond acceptors (Lipinski definition) is 6. The molecule has 0 saturated carbocycles. The van der Waals surface area contributed by atoms with Crippen molar-refractivity contribution in [1.29, 1.82) is 0 Å². The molecule has 8 heteroatoms. The Hall–Kier alpha value is -2.22. The van der Waals surface area contributed by atoms with Crippen molar-refractivity contribution in [2.24, 2.45) is 5.92 Å². The number of ether oxygens (including phenoxy) is 1. The standard InChI is InChI=1S/C16H24N4O4/c1-2-24-11-3-8-17-16(21)13-6-9-19(10-7-13)15-5-4-14(12-18-15)20(22)23/h4-5,12-13H,2-3,6-11H2,1H3,(H,17,21). The summed E-state index contributed by atoms with van der Waals surface area (Å²) in [7, 11) is 0. The molecule has 0 bridgehead atoms. The summed E-state index contributed by atoms with van der Waals surface area (Å²) in [6.45, 7) is 5.41. The van der Waals surface area contributed by atoms with Gasteiger partial charge in [-0.25, -0.2) is 4.98 Å². The largest absolute Gasteiger partial charge is 0.382 e. The van der Waals surface area contributed by atoms with E-state index < -0.39 is 4.92 Å². The Morgan fingerprint density at radius 1 is 1.46 bits per heavy atom. The lowest BCUT2D eigenvalue weighted by Crippen LogP contribution is -2.41. The number of aromatic nitrogens is 1. The minimum absolute atomic E-state index is 0.0138. The zero-order chi connectivity index (χ0) is 17.4. The normalized spacial score (nSPS) is 15.3. The molecule has 1 aromatic rings. The van der Waals surface area contributed by atoms with Crippen LogP contribution in [0.15, 0.2) is 18.3 Å². The van der Waals surface area contributed by atoms with Gasteiger partial charge in [0.05, 0.1) is 4.92 Å². The van der Waals surface area contributed by atoms with E-state index in [4.69, 9.17) is 4.74 Å². The maximum atomic E-state index is 12.1. The molecule has 0 aliphatic carbocycles. The van der Waals surface area contributed by atoms with Crippen LogP contribution in [-0.4, -0.2) is 48.7 Å². The second-order valence-corrected chi connectivity index (χ2v) is 5.73. The van der Waals surface area contributed by atoms with Crippen LogP contribution in [0.2, 0.25) is 0 Å². The summed E-state index contributed by atoms with van der Waals surface area (Å²) in [4.78, 5) is 28.5. The minimum atomic E-state index is -0.459. The first-order chi connectivity index (χ1) is 11.6. The lowest BCUT2D eigenvalue weighted by atomic mass is 9.96. The molecule has 0 radical (unpaired) electrons. The summed E-state index contributed by atoms with van der Waals surface area (Å²) >= 11 is 0. The van der Waals surface area contributed by atoms with Crippen LogP contribution in [0.4, 0.5) is 11.5 Å². The summed E-state index contributed by atoms with van der Waals surface area (Å²) in [5.41, 5.74) is -0.0138. The fourth-order valence-electron chi connectivity index (χ4n) is 2.72. The summed E-state index contributed by atoms with van der Waals surface area (Å²) in [5.74, 6) is 0.838. The van der Waals surface area contributed by atoms with Gasteiger partial charge in [-0.05, 0) is 32.3 Å². The van der Waals surface area contributed by atoms with E-state index in [0.717, 1.165) is 38.2 Å². The third-order valence-electron chi connectivity index (χ3n) is 4.10. The van der Waals surface area contributed by atoms with Crippen LogP contribution >= 0.6 is 0 Å². The Balaban J connectivity index is 1.74. The number of carbonyl (C=O) groups excluding carboxylic acids is 1. The summed E-state index contributed by atoms with van der Waals surface area (Å²) in [6.07, 6.45) is 3.61. The Bertz CT molecular complexity index is 542. The number of nitrogens with zero attached hydrogens (tertiary/aromatic N) is 3. The second kappa shape index (κ2) is 9.17. The number of pyridine rings is 1. The van der Waals surface area contributed by atoms with Crippen molar-refractivity contribution < 1.29 is 14.5 Å². The van der Waals surface area contributed by atoms with Crippen molar-refractivity contribution in [2.45, 2.75) is 26.2 Å². The van der Waals surface area contributed by atoms with Crippen LogP contribution in [0.3, 0.4) is 0 Å². The molecule has 1 aliphatic heterocycles. The predicted molar refractivity (Wildman–Crippen MR) is 89.9 cm³/mol. The monoisotopic (exact) mass is 336 g/mol. The van der Waals surface area contributed by atoms with Crippen LogP contribution in [0.1, 0.15) is 26.2 Å². The third kappa shape index (κ3) is 5.16. The summed E-state index contributed by atoms with van der Waals surface area (Å²) in [5, 5.41) is 13.6. The highest BCUT2D eigenvalue weighted by molar-refractivity contribution is 5.78. The molecule has 0 spiro atoms. The van der Waals surface area contributed by atoms with Crippen molar-refractivity contribution in [3.63, 3.8) is 0 Å². The van der Waals surface area contributed by atoms with Gasteiger partial charge in [-0.1, -0.05) is 0 Å². The summed E-state index contributed by atoms with van der Waals surface area (Å²) in [6, 6.07) is 3.12. The fraction of sp³-hybridized carbons (Fsp3) is 0.625. The van der Waals surface area contributed by atoms with Gasteiger partial charge < -0.3 is 15.0 Å². The van der Waals surface area contributed by atoms with Crippen LogP contribution in [-0.2, 0) is 9.53 Å². The molecule has 1 N–H and O–H groups in total. The zero-order valence-corrected chi connectivity index (χ0v) is 13.9. The maximum absolute atomic E-state index is 12.1. The third-order valence-corrected chi connectivity index (χ3v) is 4.10. The molecule has 0 aromatic carbocycles. The molecule has 1 saturated heterocycles. The molecule has 0 atom stereocenters. The molecule has 1 aliphatic rings. The molecule has 0 unspecified atom stereocenters. The Labute approximate surface area is 141 Å². The van der Waals surface area contributed by atoms with E-state index in [0.29, 0.717) is 19.8 Å². The van der Waals surface area contributed by atoms with Gasteiger partial charge in [-0.15, -0.1) is 0 Å². The van der Waals surface area contributed by atoms with Gasteiger partial charge in [-0.2, -0.15) is 0 Å². The van der Waals surface area contributed by atoms with E-state index in [-0.39, 0.29) is 17.5 Å². The Kier molecular flexibility index (Phi) is 6.92. The molecule has 132 valence electrons. The molecule has 24 heavy (non-hydrogen) atoms. The first-order valence-electron chi connectivity index (χ1n) is 8.32. The number of nitro groups is 1. The number of piperidine rings is 1. The quantitative estimate of drug-likeness (QED) is 0.441. The number of anilines is 1. The number of rotatable bonds is 8. The average molecular weight is 336 g/mol. The van der Waals surface area contributed by atoms with Gasteiger partial charge in [0, 0.05) is 44.8 Å². The first kappa shape index (κ1) is 18.1. The highest BCUT2D eigenvalue weighted by atomic mass is 16.6. The highest BCUT2D eigenvalue weighted by Gasteiger charge is 2.25. The Morgan fingerprint density at radius 3 is 2.79 bits per heavy atom. The number of amides is 1. The summed E-state index contributed by atoms with van der Waals surface area (Å²) < 4.78 is 5.24. The lowest BCUT2D eigenvalue weighted by molar-refractivity contribution is -0.385. The van der Waals surface area contributed by atoms with Crippen LogP contribution in [0.25, 0.3) is 0 Å². The lowest BCUT2D eigenvalue weighted by Gasteiger charge is -2.32. The van der Waals surface area contributed by atoms with Crippen molar-refractivity contribution >= 4 is 17.4 Å². The molecular formula is C16H24N4O4. The Morgan fingerprint density at radius 2 is 2.21 bits per heavy atom. The molecule has 1 amide bonds. The van der Waals surface area contributed by atoms with Gasteiger partial charge in [0.15, 0.2) is 0 Å². The smallest absolute Gasteiger partial charge is 0.287 e. The first-order valence-corrected chi connectivity index (χ1v) is 8.32. The topological polar surface area (TPSA) is 97.6 Å². The molecule has 1 aromatic heterocycles. The van der Waals surface area contributed by atoms with Gasteiger partial charge in [0.25, 0.3) is 5.69 Å². The fourth-order valence-corrected chi connectivity index (χ4v) is 2.72. The van der Waals surface area contributed by atoms with E-state index in [1.54, 1.807) is 6.07 Å². The van der Waals surface area contributed by atoms with E-state index in [2.05, 4.69) is 15.2 Å². The van der Waals surface area contributed by atoms with Crippen LogP contribution in [0.5, 0.6) is 0 Å². The van der Waals surface area contributed by atoms with Crippen molar-refractivity contribution in [2.75, 3.05) is 37.7 Å². The SMILES string of the molecule is CCOCCCNC(=O)C1CCN(c2ccc([N+](=O)[O-])cn2)CC1. The number of carbonyl (C=O) groups is 1. The minimum Gasteiger partial charge on any atom is -0.382 e. The van der Waals surface area contributed by atoms with E-state index in [9.17, 15) is 14.9 Å².